The van der Waals surface area contributed by atoms with Crippen LogP contribution >= 0.6 is 60.1 Å². The van der Waals surface area contributed by atoms with Crippen molar-refractivity contribution < 1.29 is 0 Å². The first-order chi connectivity index (χ1) is 18.3. The van der Waals surface area contributed by atoms with E-state index in [1.54, 1.807) is 33.4 Å². The molecule has 38 heavy (non-hydrogen) atoms. The minimum atomic E-state index is -1.24. The van der Waals surface area contributed by atoms with Crippen LogP contribution in [0.5, 0.6) is 0 Å². The van der Waals surface area contributed by atoms with Crippen molar-refractivity contribution in [2.75, 3.05) is 0 Å². The molecule has 0 spiro atoms. The summed E-state index contributed by atoms with van der Waals surface area (Å²) in [4.78, 5) is 0. The van der Waals surface area contributed by atoms with E-state index in [4.69, 9.17) is 0 Å². The van der Waals surface area contributed by atoms with E-state index in [-0.39, 0.29) is 0 Å². The first-order valence-corrected chi connectivity index (χ1v) is 32.4. The molecule has 3 aromatic carbocycles. The monoisotopic (exact) mass is 738 g/mol. The van der Waals surface area contributed by atoms with E-state index in [9.17, 15) is 0 Å². The maximum absolute atomic E-state index is 2.45. The van der Waals surface area contributed by atoms with Gasteiger partial charge in [-0.3, -0.25) is 0 Å². The Hall–Kier alpha value is 0.877. The van der Waals surface area contributed by atoms with E-state index < -0.39 is 22.4 Å². The summed E-state index contributed by atoms with van der Waals surface area (Å²) in [5.74, 6) is 6.90. The zero-order valence-corrected chi connectivity index (χ0v) is 31.7. The molecule has 0 N–H and O–H groups in total. The molecule has 8 heteroatoms. The second kappa shape index (κ2) is 13.9. The number of hydrogen-bond acceptors (Lipinski definition) is 6. The van der Waals surface area contributed by atoms with Crippen molar-refractivity contribution in [1.82, 2.24) is 0 Å². The third kappa shape index (κ3) is 7.08. The fourth-order valence-corrected chi connectivity index (χ4v) is 37.4. The Balaban J connectivity index is 1.57. The van der Waals surface area contributed by atoms with Gasteiger partial charge in [0.15, 0.2) is 0 Å². The molecule has 8 bridgehead atoms. The second-order valence-corrected chi connectivity index (χ2v) is 43.5. The van der Waals surface area contributed by atoms with Gasteiger partial charge in [0.05, 0.1) is 0 Å². The number of benzene rings is 3. The van der Waals surface area contributed by atoms with Crippen LogP contribution in [0.4, 0.5) is 0 Å². The summed E-state index contributed by atoms with van der Waals surface area (Å²) < 4.78 is 0. The minimum absolute atomic E-state index is 1.15. The Kier molecular flexibility index (Phi) is 11.1. The average molecular weight is 739 g/mol. The van der Waals surface area contributed by atoms with E-state index in [1.165, 1.54) is 33.4 Å². The molecular weight excluding hydrogens is 703 g/mol. The molecule has 202 valence electrons. The van der Waals surface area contributed by atoms with Crippen LogP contribution in [0.25, 0.3) is 0 Å². The zero-order chi connectivity index (χ0) is 26.8. The summed E-state index contributed by atoms with van der Waals surface area (Å²) >= 11 is -2.47. The topological polar surface area (TPSA) is 0 Å². The Bertz CT molecular complexity index is 1070. The summed E-state index contributed by atoms with van der Waals surface area (Å²) in [7, 11) is 13.7. The SMILES string of the molecule is Cc1c2ccc(c1C)CS[As]1SCc3ccc(c(C)c3C)CS[As](SC2)SCc2ccc(c(C)c2C)CS1. The third-order valence-electron chi connectivity index (χ3n) is 7.99. The van der Waals surface area contributed by atoms with Gasteiger partial charge in [0, 0.05) is 0 Å². The van der Waals surface area contributed by atoms with Crippen LogP contribution in [-0.4, -0.2) is 22.4 Å². The van der Waals surface area contributed by atoms with Gasteiger partial charge in [-0.25, -0.2) is 0 Å². The second-order valence-electron chi connectivity index (χ2n) is 9.99. The van der Waals surface area contributed by atoms with E-state index in [2.05, 4.69) is 138 Å². The van der Waals surface area contributed by atoms with Crippen LogP contribution in [0, 0.1) is 41.5 Å². The van der Waals surface area contributed by atoms with Gasteiger partial charge < -0.3 is 0 Å². The van der Waals surface area contributed by atoms with Crippen LogP contribution in [0.1, 0.15) is 66.8 Å². The van der Waals surface area contributed by atoms with Gasteiger partial charge in [-0.1, -0.05) is 0 Å². The molecule has 15 rings (SSSR count). The summed E-state index contributed by atoms with van der Waals surface area (Å²) in [6.45, 7) is 14.2. The molecule has 12 aliphatic heterocycles. The Morgan fingerprint density at radius 2 is 0.500 bits per heavy atom. The summed E-state index contributed by atoms with van der Waals surface area (Å²) in [6.07, 6.45) is 0. The molecule has 3 aromatic rings. The zero-order valence-electron chi connectivity index (χ0n) is 23.1. The van der Waals surface area contributed by atoms with Crippen LogP contribution in [0.15, 0.2) is 36.4 Å². The average Bonchev–Trinajstić information content (AvgIpc) is 2.91. The summed E-state index contributed by atoms with van der Waals surface area (Å²) in [6, 6.07) is 14.7. The van der Waals surface area contributed by atoms with Gasteiger partial charge in [-0.15, -0.1) is 0 Å². The number of hydrogen-bond donors (Lipinski definition) is 0. The quantitative estimate of drug-likeness (QED) is 0.209. The molecule has 0 nitrogen and oxygen atoms in total. The van der Waals surface area contributed by atoms with Gasteiger partial charge in [0.25, 0.3) is 0 Å². The Morgan fingerprint density at radius 1 is 0.342 bits per heavy atom. The molecule has 0 fully saturated rings. The normalized spacial score (nSPS) is 20.7. The molecule has 0 unspecified atom stereocenters. The van der Waals surface area contributed by atoms with Crippen molar-refractivity contribution in [3.63, 3.8) is 0 Å². The van der Waals surface area contributed by atoms with Gasteiger partial charge in [-0.2, -0.15) is 0 Å². The predicted octanol–water partition coefficient (Wildman–Crippen LogP) is 10.3. The first kappa shape index (κ1) is 30.3. The van der Waals surface area contributed by atoms with Crippen molar-refractivity contribution in [2.24, 2.45) is 0 Å². The van der Waals surface area contributed by atoms with Crippen LogP contribution in [0.3, 0.4) is 0 Å². The van der Waals surface area contributed by atoms with E-state index >= 15 is 0 Å². The fraction of sp³-hybridized carbons (Fsp3) is 0.400. The van der Waals surface area contributed by atoms with Crippen molar-refractivity contribution >= 4 is 82.5 Å². The van der Waals surface area contributed by atoms with Crippen molar-refractivity contribution in [3.05, 3.63) is 103 Å². The van der Waals surface area contributed by atoms with E-state index in [0.29, 0.717) is 0 Å². The van der Waals surface area contributed by atoms with Gasteiger partial charge >= 0.3 is 262 Å². The van der Waals surface area contributed by atoms with Crippen molar-refractivity contribution in [1.29, 1.82) is 0 Å². The summed E-state index contributed by atoms with van der Waals surface area (Å²) in [5.41, 5.74) is 18.5. The van der Waals surface area contributed by atoms with Crippen LogP contribution in [0.2, 0.25) is 0 Å². The maximum atomic E-state index is 2.45. The molecule has 0 aromatic heterocycles. The molecule has 0 atom stereocenters. The van der Waals surface area contributed by atoms with Crippen molar-refractivity contribution in [3.8, 4) is 0 Å². The predicted molar refractivity (Wildman–Crippen MR) is 187 cm³/mol. The molecule has 0 saturated heterocycles. The first-order valence-electron chi connectivity index (χ1n) is 12.9. The van der Waals surface area contributed by atoms with E-state index in [0.717, 1.165) is 34.5 Å². The molecule has 0 saturated carbocycles. The molecular formula is C30H36As2S6. The fourth-order valence-electron chi connectivity index (χ4n) is 4.69. The van der Waals surface area contributed by atoms with Gasteiger partial charge in [0.2, 0.25) is 0 Å². The molecule has 12 heterocycles. The molecule has 0 radical (unpaired) electrons. The Labute approximate surface area is 259 Å². The standard InChI is InChI=1S/C30H36As2S6/c1-19-20(2)26-8-7-25(19)13-33-31-35-15-27-9-11-29(23(5)21(27)3)17-37-32(34-14-26)38-18-30-12-10-28(16-36-31)22(4)24(30)6/h7-12H,13-18H2,1-6H3. The molecule has 0 aliphatic carbocycles. The number of rotatable bonds is 0. The van der Waals surface area contributed by atoms with Crippen LogP contribution < -0.4 is 0 Å². The third-order valence-corrected chi connectivity index (χ3v) is 44.4. The molecule has 0 amide bonds. The van der Waals surface area contributed by atoms with E-state index in [1.807, 2.05) is 0 Å². The molecule has 12 aliphatic rings. The van der Waals surface area contributed by atoms with Gasteiger partial charge in [-0.05, 0) is 0 Å². The van der Waals surface area contributed by atoms with Gasteiger partial charge in [0.1, 0.15) is 0 Å². The Morgan fingerprint density at radius 3 is 0.658 bits per heavy atom. The van der Waals surface area contributed by atoms with Crippen molar-refractivity contribution in [2.45, 2.75) is 76.1 Å². The van der Waals surface area contributed by atoms with Crippen LogP contribution in [-0.2, 0) is 34.5 Å². The summed E-state index contributed by atoms with van der Waals surface area (Å²) in [5, 5.41) is 0.